The van der Waals surface area contributed by atoms with Crippen LogP contribution in [0.15, 0.2) is 0 Å². The van der Waals surface area contributed by atoms with Crippen molar-refractivity contribution in [3.05, 3.63) is 0 Å². The lowest BCUT2D eigenvalue weighted by Crippen LogP contribution is -2.47. The SMILES string of the molecule is CCCCCCCCCCCCCCCCCCCCCCCCCCCCC[N+](C)(C)CC(O)CS(=O)(=O)O. The number of unbranched alkanes of at least 4 members (excludes halogenated alkanes) is 26. The molecule has 0 aliphatic carbocycles. The summed E-state index contributed by atoms with van der Waals surface area (Å²) in [5, 5.41) is 9.87. The van der Waals surface area contributed by atoms with Gasteiger partial charge < -0.3 is 9.59 Å². The van der Waals surface area contributed by atoms with Crippen LogP contribution in [0.1, 0.15) is 180 Å². The third-order valence-electron chi connectivity index (χ3n) is 8.47. The molecule has 242 valence electrons. The molecule has 6 heteroatoms. The summed E-state index contributed by atoms with van der Waals surface area (Å²) in [7, 11) is -0.0996. The van der Waals surface area contributed by atoms with Gasteiger partial charge in [0.15, 0.2) is 0 Å². The van der Waals surface area contributed by atoms with Crippen LogP contribution in [0, 0.1) is 0 Å². The minimum absolute atomic E-state index is 0.346. The molecular weight excluding hydrogens is 518 g/mol. The van der Waals surface area contributed by atoms with Gasteiger partial charge in [-0.15, -0.1) is 0 Å². The monoisotopic (exact) mass is 591 g/mol. The van der Waals surface area contributed by atoms with Gasteiger partial charge in [0, 0.05) is 0 Å². The van der Waals surface area contributed by atoms with Crippen molar-refractivity contribution >= 4 is 10.1 Å². The van der Waals surface area contributed by atoms with Gasteiger partial charge >= 0.3 is 0 Å². The molecule has 0 spiro atoms. The number of likely N-dealkylation sites (N-methyl/N-ethyl adjacent to an activating group) is 1. The highest BCUT2D eigenvalue weighted by Crippen LogP contribution is 2.16. The molecule has 0 saturated carbocycles. The van der Waals surface area contributed by atoms with E-state index in [4.69, 9.17) is 4.55 Å². The van der Waals surface area contributed by atoms with Crippen LogP contribution in [-0.4, -0.2) is 61.6 Å². The van der Waals surface area contributed by atoms with Crippen LogP contribution in [0.25, 0.3) is 0 Å². The van der Waals surface area contributed by atoms with Gasteiger partial charge in [-0.3, -0.25) is 4.55 Å². The number of aliphatic hydroxyl groups is 1. The molecule has 0 fully saturated rings. The molecule has 0 amide bonds. The molecule has 0 aromatic heterocycles. The van der Waals surface area contributed by atoms with Gasteiger partial charge in [-0.25, -0.2) is 0 Å². The maximum atomic E-state index is 10.9. The predicted octanol–water partition coefficient (Wildman–Crippen LogP) is 9.86. The first-order chi connectivity index (χ1) is 19.2. The number of hydrogen-bond acceptors (Lipinski definition) is 3. The Labute approximate surface area is 251 Å². The highest BCUT2D eigenvalue weighted by molar-refractivity contribution is 7.85. The van der Waals surface area contributed by atoms with Crippen molar-refractivity contribution in [2.75, 3.05) is 32.9 Å². The van der Waals surface area contributed by atoms with Gasteiger partial charge in [0.05, 0.1) is 20.6 Å². The van der Waals surface area contributed by atoms with E-state index in [1.807, 2.05) is 14.1 Å². The molecule has 0 radical (unpaired) electrons. The normalized spacial score (nSPS) is 13.2. The second-order valence-electron chi connectivity index (χ2n) is 13.4. The van der Waals surface area contributed by atoms with Crippen molar-refractivity contribution in [1.82, 2.24) is 0 Å². The molecule has 0 rings (SSSR count). The zero-order valence-corrected chi connectivity index (χ0v) is 28.2. The summed E-state index contributed by atoms with van der Waals surface area (Å²) in [5.41, 5.74) is 0. The lowest BCUT2D eigenvalue weighted by atomic mass is 10.0. The van der Waals surface area contributed by atoms with E-state index in [1.54, 1.807) is 0 Å². The third kappa shape index (κ3) is 32.3. The third-order valence-corrected chi connectivity index (χ3v) is 9.28. The van der Waals surface area contributed by atoms with Crippen LogP contribution >= 0.6 is 0 Å². The van der Waals surface area contributed by atoms with Crippen LogP contribution in [0.5, 0.6) is 0 Å². The summed E-state index contributed by atoms with van der Waals surface area (Å²) < 4.78 is 31.3. The molecule has 40 heavy (non-hydrogen) atoms. The van der Waals surface area contributed by atoms with Crippen molar-refractivity contribution in [2.24, 2.45) is 0 Å². The molecule has 5 nitrogen and oxygen atoms in total. The van der Waals surface area contributed by atoms with E-state index < -0.39 is 22.0 Å². The van der Waals surface area contributed by atoms with Crippen molar-refractivity contribution in [1.29, 1.82) is 0 Å². The Hall–Kier alpha value is -0.170. The summed E-state index contributed by atoms with van der Waals surface area (Å²) in [4.78, 5) is 0. The fraction of sp³-hybridized carbons (Fsp3) is 1.00. The summed E-state index contributed by atoms with van der Waals surface area (Å²) in [6, 6.07) is 0. The van der Waals surface area contributed by atoms with Crippen LogP contribution in [-0.2, 0) is 10.1 Å². The molecular formula is C34H72NO4S+. The molecule has 0 aromatic carbocycles. The van der Waals surface area contributed by atoms with E-state index in [-0.39, 0.29) is 0 Å². The molecule has 1 atom stereocenters. The van der Waals surface area contributed by atoms with Crippen molar-refractivity contribution in [2.45, 2.75) is 186 Å². The van der Waals surface area contributed by atoms with E-state index in [0.717, 1.165) is 13.0 Å². The first kappa shape index (κ1) is 39.8. The van der Waals surface area contributed by atoms with Crippen molar-refractivity contribution in [3.63, 3.8) is 0 Å². The molecule has 0 heterocycles. The summed E-state index contributed by atoms with van der Waals surface area (Å²) >= 11 is 0. The Balaban J connectivity index is 3.25. The Bertz CT molecular complexity index is 623. The Kier molecular flexibility index (Phi) is 27.5. The van der Waals surface area contributed by atoms with E-state index in [2.05, 4.69) is 6.92 Å². The smallest absolute Gasteiger partial charge is 0.267 e. The van der Waals surface area contributed by atoms with Crippen LogP contribution < -0.4 is 0 Å². The molecule has 2 N–H and O–H groups in total. The fourth-order valence-electron chi connectivity index (χ4n) is 5.99. The Morgan fingerprint density at radius 1 is 0.500 bits per heavy atom. The maximum Gasteiger partial charge on any atom is 0.267 e. The lowest BCUT2D eigenvalue weighted by Gasteiger charge is -2.31. The maximum absolute atomic E-state index is 10.9. The summed E-state index contributed by atoms with van der Waals surface area (Å²) in [6.45, 7) is 3.56. The number of aliphatic hydroxyl groups excluding tert-OH is 1. The quantitative estimate of drug-likeness (QED) is 0.0464. The van der Waals surface area contributed by atoms with Gasteiger partial charge in [-0.05, 0) is 12.8 Å². The van der Waals surface area contributed by atoms with E-state index in [1.165, 1.54) is 167 Å². The van der Waals surface area contributed by atoms with Gasteiger partial charge in [0.1, 0.15) is 18.4 Å². The van der Waals surface area contributed by atoms with Crippen LogP contribution in [0.4, 0.5) is 0 Å². The number of hydrogen-bond donors (Lipinski definition) is 2. The first-order valence-corrected chi connectivity index (χ1v) is 19.2. The minimum atomic E-state index is -4.11. The van der Waals surface area contributed by atoms with Gasteiger partial charge in [0.25, 0.3) is 10.1 Å². The molecule has 0 bridgehead atoms. The highest BCUT2D eigenvalue weighted by atomic mass is 32.2. The number of rotatable bonds is 32. The largest absolute Gasteiger partial charge is 0.386 e. The second-order valence-corrected chi connectivity index (χ2v) is 14.9. The molecule has 0 aromatic rings. The van der Waals surface area contributed by atoms with E-state index >= 15 is 0 Å². The lowest BCUT2D eigenvalue weighted by molar-refractivity contribution is -0.893. The number of quaternary nitrogens is 1. The molecule has 1 unspecified atom stereocenters. The van der Waals surface area contributed by atoms with Gasteiger partial charge in [-0.2, -0.15) is 8.42 Å². The zero-order valence-electron chi connectivity index (χ0n) is 27.4. The van der Waals surface area contributed by atoms with Crippen molar-refractivity contribution < 1.29 is 22.6 Å². The average Bonchev–Trinajstić information content (AvgIpc) is 2.86. The standard InChI is InChI=1S/C34H71NO4S/c1-4-5-6-7-8-9-10-11-12-13-14-15-16-17-18-19-20-21-22-23-24-25-26-27-28-29-30-31-35(2,3)32-34(36)33-40(37,38)39/h34,36H,4-33H2,1-3H3/p+1. The van der Waals surface area contributed by atoms with Crippen molar-refractivity contribution in [3.8, 4) is 0 Å². The molecule has 0 aliphatic heterocycles. The molecule has 0 saturated heterocycles. The van der Waals surface area contributed by atoms with Gasteiger partial charge in [0.2, 0.25) is 0 Å². The van der Waals surface area contributed by atoms with E-state index in [9.17, 15) is 13.5 Å². The van der Waals surface area contributed by atoms with Crippen LogP contribution in [0.3, 0.4) is 0 Å². The Morgan fingerprint density at radius 3 is 1.00 bits per heavy atom. The fourth-order valence-corrected chi connectivity index (χ4v) is 6.58. The Morgan fingerprint density at radius 2 is 0.750 bits per heavy atom. The van der Waals surface area contributed by atoms with Gasteiger partial charge in [-0.1, -0.05) is 167 Å². The second kappa shape index (κ2) is 27.7. The summed E-state index contributed by atoms with van der Waals surface area (Å²) in [6.07, 6.45) is 36.7. The first-order valence-electron chi connectivity index (χ1n) is 17.6. The minimum Gasteiger partial charge on any atom is -0.386 e. The van der Waals surface area contributed by atoms with Crippen LogP contribution in [0.2, 0.25) is 0 Å². The topological polar surface area (TPSA) is 74.6 Å². The number of nitrogens with zero attached hydrogens (tertiary/aromatic N) is 1. The summed E-state index contributed by atoms with van der Waals surface area (Å²) in [5.74, 6) is -0.575. The van der Waals surface area contributed by atoms with E-state index in [0.29, 0.717) is 11.0 Å². The zero-order chi connectivity index (χ0) is 29.8. The predicted molar refractivity (Wildman–Crippen MR) is 175 cm³/mol. The highest BCUT2D eigenvalue weighted by Gasteiger charge is 2.23. The average molecular weight is 591 g/mol. The molecule has 0 aliphatic rings.